The van der Waals surface area contributed by atoms with Crippen LogP contribution in [0.2, 0.25) is 0 Å². The van der Waals surface area contributed by atoms with Crippen molar-refractivity contribution in [3.05, 3.63) is 66.4 Å². The SMILES string of the molecule is CCOC(=O)c1cn[nH]c1S(=O)(=O)Oc1ccccc1-c1ccccc1. The highest BCUT2D eigenvalue weighted by Gasteiger charge is 2.28. The van der Waals surface area contributed by atoms with Crippen LogP contribution in [0, 0.1) is 0 Å². The molecule has 0 radical (unpaired) electrons. The second-order valence-electron chi connectivity index (χ2n) is 5.23. The van der Waals surface area contributed by atoms with Crippen LogP contribution in [0.4, 0.5) is 0 Å². The highest BCUT2D eigenvalue weighted by atomic mass is 32.2. The van der Waals surface area contributed by atoms with Crippen molar-refractivity contribution in [1.29, 1.82) is 0 Å². The summed E-state index contributed by atoms with van der Waals surface area (Å²) in [6.45, 7) is 1.74. The first-order valence-electron chi connectivity index (χ1n) is 7.82. The van der Waals surface area contributed by atoms with E-state index in [0.717, 1.165) is 11.8 Å². The number of ether oxygens (including phenoxy) is 1. The Labute approximate surface area is 150 Å². The summed E-state index contributed by atoms with van der Waals surface area (Å²) in [7, 11) is -4.31. The number of H-pyrrole nitrogens is 1. The molecule has 0 unspecified atom stereocenters. The highest BCUT2D eigenvalue weighted by Crippen LogP contribution is 2.31. The molecule has 8 heteroatoms. The number of esters is 1. The maximum atomic E-state index is 12.7. The van der Waals surface area contributed by atoms with Crippen LogP contribution in [-0.4, -0.2) is 31.2 Å². The normalized spacial score (nSPS) is 11.1. The van der Waals surface area contributed by atoms with E-state index in [1.54, 1.807) is 31.2 Å². The summed E-state index contributed by atoms with van der Waals surface area (Å²) in [6, 6.07) is 16.0. The van der Waals surface area contributed by atoms with E-state index >= 15 is 0 Å². The molecule has 0 saturated heterocycles. The molecule has 1 heterocycles. The van der Waals surface area contributed by atoms with Gasteiger partial charge in [-0.1, -0.05) is 48.5 Å². The summed E-state index contributed by atoms with van der Waals surface area (Å²) >= 11 is 0. The fourth-order valence-corrected chi connectivity index (χ4v) is 3.41. The fraction of sp³-hybridized carbons (Fsp3) is 0.111. The Kier molecular flexibility index (Phi) is 5.04. The summed E-state index contributed by atoms with van der Waals surface area (Å²) in [5.74, 6) is -0.650. The lowest BCUT2D eigenvalue weighted by Crippen LogP contribution is -2.16. The van der Waals surface area contributed by atoms with Crippen molar-refractivity contribution < 1.29 is 22.1 Å². The highest BCUT2D eigenvalue weighted by molar-refractivity contribution is 7.87. The summed E-state index contributed by atoms with van der Waals surface area (Å²) < 4.78 is 35.5. The van der Waals surface area contributed by atoms with Gasteiger partial charge in [0, 0.05) is 5.56 Å². The van der Waals surface area contributed by atoms with Crippen LogP contribution in [0.5, 0.6) is 5.75 Å². The molecule has 26 heavy (non-hydrogen) atoms. The molecule has 134 valence electrons. The maximum absolute atomic E-state index is 12.7. The Balaban J connectivity index is 1.98. The Hall–Kier alpha value is -3.13. The number of rotatable bonds is 6. The van der Waals surface area contributed by atoms with Crippen LogP contribution in [0.3, 0.4) is 0 Å². The molecular weight excluding hydrogens is 356 g/mol. The molecule has 0 amide bonds. The number of hydrogen-bond donors (Lipinski definition) is 1. The molecule has 0 fully saturated rings. The zero-order valence-corrected chi connectivity index (χ0v) is 14.7. The van der Waals surface area contributed by atoms with Gasteiger partial charge in [0.05, 0.1) is 12.8 Å². The summed E-state index contributed by atoms with van der Waals surface area (Å²) in [4.78, 5) is 11.9. The number of aromatic nitrogens is 2. The van der Waals surface area contributed by atoms with E-state index in [2.05, 4.69) is 10.2 Å². The lowest BCUT2D eigenvalue weighted by Gasteiger charge is -2.11. The lowest BCUT2D eigenvalue weighted by atomic mass is 10.1. The molecule has 0 aliphatic rings. The van der Waals surface area contributed by atoms with Gasteiger partial charge in [0.1, 0.15) is 5.56 Å². The Morgan fingerprint density at radius 3 is 2.50 bits per heavy atom. The van der Waals surface area contributed by atoms with E-state index in [4.69, 9.17) is 8.92 Å². The second-order valence-corrected chi connectivity index (χ2v) is 6.72. The number of carbonyl (C=O) groups excluding carboxylic acids is 1. The van der Waals surface area contributed by atoms with E-state index in [1.807, 2.05) is 30.3 Å². The number of para-hydroxylation sites is 1. The van der Waals surface area contributed by atoms with Gasteiger partial charge in [0.15, 0.2) is 5.75 Å². The monoisotopic (exact) mass is 372 g/mol. The van der Waals surface area contributed by atoms with Crippen LogP contribution in [0.1, 0.15) is 17.3 Å². The predicted octanol–water partition coefficient (Wildman–Crippen LogP) is 3.02. The summed E-state index contributed by atoms with van der Waals surface area (Å²) in [5, 5.41) is 5.48. The largest absolute Gasteiger partial charge is 0.462 e. The molecule has 2 aromatic carbocycles. The summed E-state index contributed by atoms with van der Waals surface area (Å²) in [5.41, 5.74) is 1.20. The van der Waals surface area contributed by atoms with Crippen LogP contribution in [0.25, 0.3) is 11.1 Å². The molecule has 0 saturated carbocycles. The second kappa shape index (κ2) is 7.40. The van der Waals surface area contributed by atoms with Gasteiger partial charge in [0.2, 0.25) is 5.03 Å². The minimum absolute atomic E-state index is 0.112. The first kappa shape index (κ1) is 17.7. The van der Waals surface area contributed by atoms with Crippen molar-refractivity contribution in [2.45, 2.75) is 11.9 Å². The van der Waals surface area contributed by atoms with E-state index in [0.29, 0.717) is 5.56 Å². The standard InChI is InChI=1S/C18H16N2O5S/c1-2-24-18(21)15-12-19-20-17(15)26(22,23)25-16-11-7-6-10-14(16)13-8-4-3-5-9-13/h3-12H,2H2,1H3,(H,19,20). The first-order chi connectivity index (χ1) is 12.5. The number of nitrogens with one attached hydrogen (secondary N) is 1. The maximum Gasteiger partial charge on any atom is 0.357 e. The van der Waals surface area contributed by atoms with E-state index in [9.17, 15) is 13.2 Å². The zero-order chi connectivity index (χ0) is 18.6. The van der Waals surface area contributed by atoms with Gasteiger partial charge < -0.3 is 8.92 Å². The Morgan fingerprint density at radius 2 is 1.77 bits per heavy atom. The van der Waals surface area contributed by atoms with Crippen molar-refractivity contribution in [2.24, 2.45) is 0 Å². The van der Waals surface area contributed by atoms with Gasteiger partial charge in [-0.05, 0) is 18.6 Å². The van der Waals surface area contributed by atoms with Crippen molar-refractivity contribution in [3.63, 3.8) is 0 Å². The third-order valence-corrected chi connectivity index (χ3v) is 4.73. The van der Waals surface area contributed by atoms with Gasteiger partial charge in [-0.25, -0.2) is 4.79 Å². The van der Waals surface area contributed by atoms with Gasteiger partial charge in [-0.2, -0.15) is 13.5 Å². The van der Waals surface area contributed by atoms with Gasteiger partial charge in [0.25, 0.3) is 0 Å². The topological polar surface area (TPSA) is 98.4 Å². The van der Waals surface area contributed by atoms with Crippen molar-refractivity contribution in [2.75, 3.05) is 6.61 Å². The van der Waals surface area contributed by atoms with Gasteiger partial charge in [-0.3, -0.25) is 5.10 Å². The molecule has 3 aromatic rings. The number of carbonyl (C=O) groups is 1. The minimum Gasteiger partial charge on any atom is -0.462 e. The van der Waals surface area contributed by atoms with Crippen molar-refractivity contribution in [1.82, 2.24) is 10.2 Å². The predicted molar refractivity (Wildman–Crippen MR) is 94.2 cm³/mol. The number of nitrogens with zero attached hydrogens (tertiary/aromatic N) is 1. The van der Waals surface area contributed by atoms with Crippen LogP contribution in [0.15, 0.2) is 65.8 Å². The van der Waals surface area contributed by atoms with Gasteiger partial charge >= 0.3 is 16.1 Å². The van der Waals surface area contributed by atoms with Crippen LogP contribution >= 0.6 is 0 Å². The molecule has 0 bridgehead atoms. The number of aromatic amines is 1. The average Bonchev–Trinajstić information content (AvgIpc) is 3.14. The van der Waals surface area contributed by atoms with E-state index in [-0.39, 0.29) is 17.9 Å². The quantitative estimate of drug-likeness (QED) is 0.527. The molecular formula is C18H16N2O5S. The molecule has 0 spiro atoms. The zero-order valence-electron chi connectivity index (χ0n) is 13.9. The number of benzene rings is 2. The Bertz CT molecular complexity index is 1010. The summed E-state index contributed by atoms with van der Waals surface area (Å²) in [6.07, 6.45) is 1.09. The molecule has 7 nitrogen and oxygen atoms in total. The smallest absolute Gasteiger partial charge is 0.357 e. The van der Waals surface area contributed by atoms with Crippen LogP contribution < -0.4 is 4.18 Å². The Morgan fingerprint density at radius 1 is 1.08 bits per heavy atom. The third kappa shape index (κ3) is 3.60. The average molecular weight is 372 g/mol. The minimum atomic E-state index is -4.31. The van der Waals surface area contributed by atoms with Gasteiger partial charge in [-0.15, -0.1) is 0 Å². The molecule has 1 N–H and O–H groups in total. The molecule has 0 atom stereocenters. The molecule has 1 aromatic heterocycles. The first-order valence-corrected chi connectivity index (χ1v) is 9.23. The third-order valence-electron chi connectivity index (χ3n) is 3.52. The molecule has 3 rings (SSSR count). The van der Waals surface area contributed by atoms with Crippen LogP contribution in [-0.2, 0) is 14.9 Å². The van der Waals surface area contributed by atoms with Crippen molar-refractivity contribution >= 4 is 16.1 Å². The number of hydrogen-bond acceptors (Lipinski definition) is 6. The van der Waals surface area contributed by atoms with Crippen molar-refractivity contribution in [3.8, 4) is 16.9 Å². The fourth-order valence-electron chi connectivity index (χ4n) is 2.37. The molecule has 0 aliphatic heterocycles. The van der Waals surface area contributed by atoms with E-state index in [1.165, 1.54) is 0 Å². The van der Waals surface area contributed by atoms with E-state index < -0.39 is 21.1 Å². The lowest BCUT2D eigenvalue weighted by molar-refractivity contribution is 0.0521. The molecule has 0 aliphatic carbocycles.